The Kier molecular flexibility index (Phi) is 9.25. The van der Waals surface area contributed by atoms with E-state index in [2.05, 4.69) is 39.1 Å². The van der Waals surface area contributed by atoms with Gasteiger partial charge in [0.25, 0.3) is 5.91 Å². The first-order chi connectivity index (χ1) is 19.2. The first kappa shape index (κ1) is 28.9. The van der Waals surface area contributed by atoms with Gasteiger partial charge in [0.2, 0.25) is 0 Å². The van der Waals surface area contributed by atoms with Crippen LogP contribution in [0.1, 0.15) is 20.3 Å². The molecule has 212 valence electrons. The fourth-order valence-electron chi connectivity index (χ4n) is 4.58. The van der Waals surface area contributed by atoms with E-state index in [-0.39, 0.29) is 17.7 Å². The predicted molar refractivity (Wildman–Crippen MR) is 152 cm³/mol. The summed E-state index contributed by atoms with van der Waals surface area (Å²) in [4.78, 5) is 22.9. The van der Waals surface area contributed by atoms with Crippen LogP contribution in [0.3, 0.4) is 0 Å². The molecule has 0 radical (unpaired) electrons. The van der Waals surface area contributed by atoms with Gasteiger partial charge in [0.15, 0.2) is 29.9 Å². The van der Waals surface area contributed by atoms with Gasteiger partial charge in [-0.05, 0) is 32.4 Å². The summed E-state index contributed by atoms with van der Waals surface area (Å²) in [5, 5.41) is 17.7. The highest BCUT2D eigenvalue weighted by Gasteiger charge is 2.36. The number of hydrogen-bond donors (Lipinski definition) is 3. The molecule has 4 rings (SSSR count). The van der Waals surface area contributed by atoms with E-state index in [4.69, 9.17) is 15.2 Å². The maximum absolute atomic E-state index is 14.0. The molecule has 2 aromatic carbocycles. The molecule has 0 saturated heterocycles. The van der Waals surface area contributed by atoms with E-state index in [0.717, 1.165) is 13.0 Å². The number of fused-ring (bicyclic) bond motifs is 1. The molecule has 4 N–H and O–H groups in total. The van der Waals surface area contributed by atoms with Crippen LogP contribution in [-0.4, -0.2) is 78.1 Å². The van der Waals surface area contributed by atoms with Crippen molar-refractivity contribution in [2.45, 2.75) is 26.3 Å². The number of anilines is 1. The van der Waals surface area contributed by atoms with Crippen LogP contribution in [0.2, 0.25) is 0 Å². The summed E-state index contributed by atoms with van der Waals surface area (Å²) < 4.78 is 25.3. The van der Waals surface area contributed by atoms with Crippen molar-refractivity contribution in [1.82, 2.24) is 19.5 Å². The summed E-state index contributed by atoms with van der Waals surface area (Å²) in [6.45, 7) is 6.02. The van der Waals surface area contributed by atoms with Crippen molar-refractivity contribution in [2.75, 3.05) is 45.3 Å². The molecule has 3 aromatic rings. The number of quaternary nitrogens is 1. The highest BCUT2D eigenvalue weighted by molar-refractivity contribution is 5.96. The maximum Gasteiger partial charge on any atom is 0.276 e. The number of methoxy groups -OCH3 is 1. The minimum Gasteiger partial charge on any atom is -0.493 e. The van der Waals surface area contributed by atoms with E-state index < -0.39 is 11.7 Å². The summed E-state index contributed by atoms with van der Waals surface area (Å²) in [6, 6.07) is 9.80. The molecule has 1 atom stereocenters. The summed E-state index contributed by atoms with van der Waals surface area (Å²) in [5.41, 5.74) is 7.14. The van der Waals surface area contributed by atoms with Crippen LogP contribution in [0.5, 0.6) is 11.5 Å². The summed E-state index contributed by atoms with van der Waals surface area (Å²) >= 11 is 0. The Morgan fingerprint density at radius 2 is 2.02 bits per heavy atom. The molecule has 0 bridgehead atoms. The van der Waals surface area contributed by atoms with Crippen molar-refractivity contribution in [3.8, 4) is 11.5 Å². The molecule has 1 amide bonds. The molecule has 1 unspecified atom stereocenters. The van der Waals surface area contributed by atoms with E-state index in [1.54, 1.807) is 43.8 Å². The molecule has 1 aliphatic heterocycles. The molecule has 40 heavy (non-hydrogen) atoms. The number of halogens is 1. The van der Waals surface area contributed by atoms with Crippen molar-refractivity contribution in [2.24, 2.45) is 10.8 Å². The number of allylic oxidation sites excluding steroid dienone is 1. The van der Waals surface area contributed by atoms with E-state index >= 15 is 0 Å². The number of nitrogens with zero attached hydrogens (tertiary/aromatic N) is 5. The number of carbonyl (C=O) groups is 1. The monoisotopic (exact) mass is 552 g/mol. The van der Waals surface area contributed by atoms with E-state index in [1.807, 2.05) is 0 Å². The Balaban J connectivity index is 1.55. The van der Waals surface area contributed by atoms with Crippen LogP contribution < -0.4 is 25.1 Å². The van der Waals surface area contributed by atoms with Gasteiger partial charge in [0.05, 0.1) is 25.8 Å². The maximum atomic E-state index is 14.0. The van der Waals surface area contributed by atoms with Gasteiger partial charge in [-0.3, -0.25) is 9.69 Å². The largest absolute Gasteiger partial charge is 0.493 e. The highest BCUT2D eigenvalue weighted by atomic mass is 19.1. The Hall–Kier alpha value is -4.13. The number of nitrogens with one attached hydrogen (secondary N) is 1. The number of primary amides is 1. The summed E-state index contributed by atoms with van der Waals surface area (Å²) in [6.07, 6.45) is 5.44. The lowest BCUT2D eigenvalue weighted by Gasteiger charge is -2.25. The zero-order chi connectivity index (χ0) is 28.7. The number of benzene rings is 2. The second-order valence-corrected chi connectivity index (χ2v) is 9.68. The quantitative estimate of drug-likeness (QED) is 0.205. The average molecular weight is 553 g/mol. The second-order valence-electron chi connectivity index (χ2n) is 9.68. The van der Waals surface area contributed by atoms with Gasteiger partial charge in [-0.1, -0.05) is 11.2 Å². The number of hydrogen-bond acceptors (Lipinski definition) is 9. The van der Waals surface area contributed by atoms with Crippen molar-refractivity contribution in [3.63, 3.8) is 0 Å². The molecule has 1 aliphatic rings. The molecule has 11 nitrogen and oxygen atoms in total. The van der Waals surface area contributed by atoms with Crippen molar-refractivity contribution in [3.05, 3.63) is 60.4 Å². The van der Waals surface area contributed by atoms with Gasteiger partial charge < -0.3 is 25.6 Å². The van der Waals surface area contributed by atoms with Crippen molar-refractivity contribution in [1.29, 1.82) is 0 Å². The molecule has 12 heteroatoms. The molecule has 0 saturated carbocycles. The van der Waals surface area contributed by atoms with Gasteiger partial charge in [0, 0.05) is 42.7 Å². The molecule has 0 spiro atoms. The van der Waals surface area contributed by atoms with Crippen LogP contribution >= 0.6 is 0 Å². The zero-order valence-electron chi connectivity index (χ0n) is 22.9. The number of ether oxygens (including phenoxy) is 2. The Morgan fingerprint density at radius 1 is 1.20 bits per heavy atom. The van der Waals surface area contributed by atoms with Crippen LogP contribution in [-0.2, 0) is 4.79 Å². The van der Waals surface area contributed by atoms with Gasteiger partial charge >= 0.3 is 0 Å². The van der Waals surface area contributed by atoms with E-state index in [0.29, 0.717) is 58.8 Å². The third-order valence-corrected chi connectivity index (χ3v) is 6.56. The molecule has 0 fully saturated rings. The number of carbonyl (C=O) groups excluding carboxylic acids is 1. The summed E-state index contributed by atoms with van der Waals surface area (Å²) in [7, 11) is 1.56. The minimum atomic E-state index is -0.589. The number of aliphatic hydroxyl groups is 1. The predicted octanol–water partition coefficient (Wildman–Crippen LogP) is 2.99. The fourth-order valence-corrected chi connectivity index (χ4v) is 4.58. The average Bonchev–Trinajstić information content (AvgIpc) is 3.32. The van der Waals surface area contributed by atoms with E-state index in [9.17, 15) is 14.3 Å². The van der Waals surface area contributed by atoms with Crippen LogP contribution in [0, 0.1) is 5.82 Å². The fraction of sp³-hybridized carbons (Fsp3) is 0.357. The van der Waals surface area contributed by atoms with Crippen LogP contribution in [0.25, 0.3) is 10.9 Å². The van der Waals surface area contributed by atoms with Gasteiger partial charge in [-0.25, -0.2) is 14.4 Å². The molecular weight excluding hydrogens is 517 g/mol. The van der Waals surface area contributed by atoms with Gasteiger partial charge in [-0.15, -0.1) is 4.59 Å². The lowest BCUT2D eigenvalue weighted by Crippen LogP contribution is -2.44. The van der Waals surface area contributed by atoms with Gasteiger partial charge in [-0.2, -0.15) is 0 Å². The molecule has 1 aromatic heterocycles. The first-order valence-electron chi connectivity index (χ1n) is 13.0. The van der Waals surface area contributed by atoms with Crippen LogP contribution in [0.4, 0.5) is 15.9 Å². The van der Waals surface area contributed by atoms with Crippen LogP contribution in [0.15, 0.2) is 59.7 Å². The number of aliphatic hydroxyl groups excluding tert-OH is 1. The van der Waals surface area contributed by atoms with E-state index in [1.165, 1.54) is 18.5 Å². The van der Waals surface area contributed by atoms with Crippen molar-refractivity contribution >= 4 is 34.5 Å². The molecule has 2 heterocycles. The molecular formula is C28H35FN7O4+. The highest BCUT2D eigenvalue weighted by Crippen LogP contribution is 2.35. The normalized spacial score (nSPS) is 16.5. The summed E-state index contributed by atoms with van der Waals surface area (Å²) in [5.74, 6) is 0.534. The third-order valence-electron chi connectivity index (χ3n) is 6.56. The number of rotatable bonds is 14. The van der Waals surface area contributed by atoms with Crippen molar-refractivity contribution < 1.29 is 23.8 Å². The smallest absolute Gasteiger partial charge is 0.276 e. The Morgan fingerprint density at radius 3 is 2.73 bits per heavy atom. The number of nitrogens with two attached hydrogens (primary N) is 1. The lowest BCUT2D eigenvalue weighted by atomic mass is 10.2. The number of amides is 1. The standard InChI is InChI=1S/C28H34FN7O4/c1-19(2)35(9-10-37)8-5-11-40-26-14-24-23(13-25(26)39-3)28(32-18-31-24)34-21-15-33-36(16-21,17-27(30)38)22-7-4-6-20(29)12-22/h4,6-7,12-16,18-19,37H,5,8-11,17H2,1-3H3,(H2-,30,31,32,34,38)/p+1. The van der Waals surface area contributed by atoms with Gasteiger partial charge in [0.1, 0.15) is 29.9 Å². The first-order valence-corrected chi connectivity index (χ1v) is 13.0. The lowest BCUT2D eigenvalue weighted by molar-refractivity contribution is -0.118. The second kappa shape index (κ2) is 12.8. The zero-order valence-corrected chi connectivity index (χ0v) is 22.9. The molecule has 0 aliphatic carbocycles. The third kappa shape index (κ3) is 6.71. The minimum absolute atomic E-state index is 0.117. The Bertz CT molecular complexity index is 1410. The SMILES string of the molecule is COc1cc2c(NC3=C[N+](CC(N)=O)(c4cccc(F)c4)N=C3)ncnc2cc1OCCCN(CCO)C(C)C. The number of aromatic nitrogens is 2. The topological polar surface area (TPSA) is 135 Å². The Labute approximate surface area is 232 Å².